The average molecular weight is 468 g/mol. The van der Waals surface area contributed by atoms with Crippen molar-refractivity contribution in [1.29, 1.82) is 0 Å². The van der Waals surface area contributed by atoms with Gasteiger partial charge in [0.1, 0.15) is 11.9 Å². The summed E-state index contributed by atoms with van der Waals surface area (Å²) in [6.07, 6.45) is 0.0637. The van der Waals surface area contributed by atoms with E-state index in [-0.39, 0.29) is 5.56 Å². The molecule has 0 aliphatic carbocycles. The zero-order chi connectivity index (χ0) is 23.0. The number of aromatic amines is 1. The summed E-state index contributed by atoms with van der Waals surface area (Å²) in [6.45, 7) is 3.21. The molecule has 2 atom stereocenters. The molecule has 8 heteroatoms. The minimum absolute atomic E-state index is 0.278. The quantitative estimate of drug-likeness (QED) is 0.253. The van der Waals surface area contributed by atoms with Gasteiger partial charge in [0.25, 0.3) is 5.56 Å². The molecular formula is C24H19Cl2N3O3. The second kappa shape index (κ2) is 8.81. The lowest BCUT2D eigenvalue weighted by molar-refractivity contribution is 0.199. The number of benzene rings is 2. The zero-order valence-electron chi connectivity index (χ0n) is 17.2. The van der Waals surface area contributed by atoms with E-state index < -0.39 is 12.2 Å². The molecule has 162 valence electrons. The number of aliphatic hydroxyl groups is 2. The number of fused-ring (bicyclic) bond motifs is 3. The monoisotopic (exact) mass is 467 g/mol. The molecule has 2 aromatic heterocycles. The number of halogens is 2. The van der Waals surface area contributed by atoms with Gasteiger partial charge in [-0.2, -0.15) is 0 Å². The predicted molar refractivity (Wildman–Crippen MR) is 129 cm³/mol. The molecule has 2 heterocycles. The lowest BCUT2D eigenvalue weighted by Crippen LogP contribution is -2.08. The topological polar surface area (TPSA) is 98.2 Å². The first kappa shape index (κ1) is 22.1. The largest absolute Gasteiger partial charge is 0.389 e. The molecule has 2 aromatic carbocycles. The molecule has 0 spiro atoms. The first-order valence-corrected chi connectivity index (χ1v) is 10.6. The molecule has 4 rings (SSSR count). The first-order valence-electron chi connectivity index (χ1n) is 9.83. The van der Waals surface area contributed by atoms with Crippen molar-refractivity contribution in [2.75, 3.05) is 5.32 Å². The summed E-state index contributed by atoms with van der Waals surface area (Å²) >= 11 is 12.8. The van der Waals surface area contributed by atoms with E-state index in [1.54, 1.807) is 56.4 Å². The Kier molecular flexibility index (Phi) is 6.09. The number of aliphatic hydroxyl groups excluding tert-OH is 2. The maximum atomic E-state index is 12.8. The van der Waals surface area contributed by atoms with Crippen LogP contribution in [0.5, 0.6) is 0 Å². The molecule has 0 aliphatic heterocycles. The van der Waals surface area contributed by atoms with Gasteiger partial charge < -0.3 is 20.5 Å². The number of aromatic nitrogens is 2. The molecule has 32 heavy (non-hydrogen) atoms. The minimum Gasteiger partial charge on any atom is -0.389 e. The van der Waals surface area contributed by atoms with E-state index >= 15 is 0 Å². The van der Waals surface area contributed by atoms with Crippen molar-refractivity contribution in [1.82, 2.24) is 9.97 Å². The Morgan fingerprint density at radius 1 is 1.06 bits per heavy atom. The average Bonchev–Trinajstić information content (AvgIpc) is 2.74. The SMILES string of the molecule is C[C@H](O)c1cc(Cl)c(Nc2nc3ccc(C#C[C@@H](C)O)cc3c3c(=O)[nH]ccc23)c(Cl)c1. The van der Waals surface area contributed by atoms with Gasteiger partial charge in [-0.25, -0.2) is 4.98 Å². The van der Waals surface area contributed by atoms with Crippen LogP contribution in [-0.4, -0.2) is 26.3 Å². The molecule has 4 N–H and O–H groups in total. The van der Waals surface area contributed by atoms with E-state index in [0.717, 1.165) is 0 Å². The van der Waals surface area contributed by atoms with Gasteiger partial charge in [-0.15, -0.1) is 0 Å². The van der Waals surface area contributed by atoms with Gasteiger partial charge in [0.15, 0.2) is 0 Å². The number of anilines is 2. The van der Waals surface area contributed by atoms with Crippen LogP contribution in [0.15, 0.2) is 47.4 Å². The molecule has 0 radical (unpaired) electrons. The smallest absolute Gasteiger partial charge is 0.256 e. The molecule has 6 nitrogen and oxygen atoms in total. The molecule has 0 bridgehead atoms. The van der Waals surface area contributed by atoms with E-state index in [1.807, 2.05) is 0 Å². The fraction of sp³-hybridized carbons (Fsp3) is 0.167. The van der Waals surface area contributed by atoms with Gasteiger partial charge >= 0.3 is 0 Å². The molecule has 0 aliphatic rings. The van der Waals surface area contributed by atoms with Crippen molar-refractivity contribution < 1.29 is 10.2 Å². The number of hydrogen-bond acceptors (Lipinski definition) is 5. The maximum absolute atomic E-state index is 12.8. The lowest BCUT2D eigenvalue weighted by atomic mass is 10.0. The van der Waals surface area contributed by atoms with Crippen LogP contribution >= 0.6 is 23.2 Å². The number of nitrogens with zero attached hydrogens (tertiary/aromatic N) is 1. The van der Waals surface area contributed by atoms with Crippen molar-refractivity contribution >= 4 is 56.4 Å². The number of rotatable bonds is 3. The second-order valence-electron chi connectivity index (χ2n) is 7.39. The van der Waals surface area contributed by atoms with Gasteiger partial charge in [-0.05, 0) is 55.8 Å². The Morgan fingerprint density at radius 2 is 1.78 bits per heavy atom. The van der Waals surface area contributed by atoms with Crippen LogP contribution < -0.4 is 10.9 Å². The highest BCUT2D eigenvalue weighted by atomic mass is 35.5. The van der Waals surface area contributed by atoms with Crippen LogP contribution in [0.3, 0.4) is 0 Å². The third kappa shape index (κ3) is 4.29. The summed E-state index contributed by atoms with van der Waals surface area (Å²) in [5.74, 6) is 6.00. The van der Waals surface area contributed by atoms with Crippen molar-refractivity contribution in [2.24, 2.45) is 0 Å². The Hall–Kier alpha value is -3.08. The summed E-state index contributed by atoms with van der Waals surface area (Å²) in [7, 11) is 0. The molecule has 0 amide bonds. The van der Waals surface area contributed by atoms with Crippen LogP contribution in [0.2, 0.25) is 10.0 Å². The Bertz CT molecular complexity index is 1440. The fourth-order valence-corrected chi connectivity index (χ4v) is 3.99. The summed E-state index contributed by atoms with van der Waals surface area (Å²) in [5.41, 5.74) is 1.97. The van der Waals surface area contributed by atoms with Crippen LogP contribution in [-0.2, 0) is 0 Å². The number of nitrogens with one attached hydrogen (secondary N) is 2. The second-order valence-corrected chi connectivity index (χ2v) is 8.21. The maximum Gasteiger partial charge on any atom is 0.256 e. The van der Waals surface area contributed by atoms with Crippen molar-refractivity contribution in [2.45, 2.75) is 26.1 Å². The van der Waals surface area contributed by atoms with Crippen molar-refractivity contribution in [3.63, 3.8) is 0 Å². The standard InChI is InChI=1S/C24H19Cl2N3O3/c1-12(30)3-4-14-5-6-20-17(9-14)21-16(7-8-27-24(21)32)23(28-20)29-22-18(25)10-15(13(2)31)11-19(22)26/h5-13,30-31H,1-2H3,(H,27,32)(H,28,29)/t12-,13+/m1/s1. The first-order chi connectivity index (χ1) is 15.2. The number of pyridine rings is 2. The highest BCUT2D eigenvalue weighted by Crippen LogP contribution is 2.37. The molecule has 0 saturated carbocycles. The zero-order valence-corrected chi connectivity index (χ0v) is 18.7. The lowest BCUT2D eigenvalue weighted by Gasteiger charge is -2.15. The van der Waals surface area contributed by atoms with E-state index in [0.29, 0.717) is 54.4 Å². The van der Waals surface area contributed by atoms with E-state index in [9.17, 15) is 15.0 Å². The summed E-state index contributed by atoms with van der Waals surface area (Å²) in [6, 6.07) is 10.3. The Labute approximate surface area is 193 Å². The van der Waals surface area contributed by atoms with Gasteiger partial charge in [-0.1, -0.05) is 35.0 Å². The van der Waals surface area contributed by atoms with Gasteiger partial charge in [0.2, 0.25) is 0 Å². The highest BCUT2D eigenvalue weighted by Gasteiger charge is 2.16. The molecule has 0 unspecified atom stereocenters. The minimum atomic E-state index is -0.759. The summed E-state index contributed by atoms with van der Waals surface area (Å²) in [5, 5.41) is 24.7. The molecule has 0 saturated heterocycles. The fourth-order valence-electron chi connectivity index (χ4n) is 3.39. The normalized spacial score (nSPS) is 12.9. The van der Waals surface area contributed by atoms with Crippen molar-refractivity contribution in [3.05, 3.63) is 74.1 Å². The van der Waals surface area contributed by atoms with Crippen LogP contribution in [0.25, 0.3) is 21.7 Å². The van der Waals surface area contributed by atoms with E-state index in [1.165, 1.54) is 0 Å². The molecule has 4 aromatic rings. The Balaban J connectivity index is 1.92. The van der Waals surface area contributed by atoms with Gasteiger partial charge in [-0.3, -0.25) is 4.79 Å². The van der Waals surface area contributed by atoms with Crippen LogP contribution in [0, 0.1) is 11.8 Å². The van der Waals surface area contributed by atoms with E-state index in [2.05, 4.69) is 27.1 Å². The highest BCUT2D eigenvalue weighted by molar-refractivity contribution is 6.39. The van der Waals surface area contributed by atoms with Crippen molar-refractivity contribution in [3.8, 4) is 11.8 Å². The number of H-pyrrole nitrogens is 1. The van der Waals surface area contributed by atoms with Crippen LogP contribution in [0.1, 0.15) is 31.1 Å². The Morgan fingerprint density at radius 3 is 2.44 bits per heavy atom. The summed E-state index contributed by atoms with van der Waals surface area (Å²) in [4.78, 5) is 20.2. The van der Waals surface area contributed by atoms with Gasteiger partial charge in [0.05, 0.1) is 32.7 Å². The third-order valence-corrected chi connectivity index (χ3v) is 5.53. The molecular weight excluding hydrogens is 449 g/mol. The molecule has 0 fully saturated rings. The number of hydrogen-bond donors (Lipinski definition) is 4. The van der Waals surface area contributed by atoms with Crippen LogP contribution in [0.4, 0.5) is 11.5 Å². The third-order valence-electron chi connectivity index (χ3n) is 4.93. The summed E-state index contributed by atoms with van der Waals surface area (Å²) < 4.78 is 0. The van der Waals surface area contributed by atoms with Gasteiger partial charge in [0, 0.05) is 22.5 Å². The van der Waals surface area contributed by atoms with E-state index in [4.69, 9.17) is 23.2 Å². The predicted octanol–water partition coefficient (Wildman–Crippen LogP) is 4.91.